The molecule has 0 radical (unpaired) electrons. The monoisotopic (exact) mass is 303 g/mol. The zero-order valence-electron chi connectivity index (χ0n) is 10.3. The van der Waals surface area contributed by atoms with Crippen LogP contribution in [0, 0.1) is 0 Å². The highest BCUT2D eigenvalue weighted by Gasteiger charge is 2.08. The Balaban J connectivity index is 2.34. The summed E-state index contributed by atoms with van der Waals surface area (Å²) in [6.45, 7) is 5.64. The lowest BCUT2D eigenvalue weighted by Crippen LogP contribution is -2.30. The van der Waals surface area contributed by atoms with Crippen molar-refractivity contribution in [3.8, 4) is 0 Å². The first kappa shape index (κ1) is 14.2. The van der Waals surface area contributed by atoms with Crippen molar-refractivity contribution in [1.82, 2.24) is 5.32 Å². The quantitative estimate of drug-likeness (QED) is 0.739. The lowest BCUT2D eigenvalue weighted by molar-refractivity contribution is 0.450. The van der Waals surface area contributed by atoms with Crippen molar-refractivity contribution in [2.24, 2.45) is 0 Å². The van der Waals surface area contributed by atoms with E-state index < -0.39 is 0 Å². The zero-order chi connectivity index (χ0) is 11.8. The van der Waals surface area contributed by atoms with E-state index in [1.54, 1.807) is 0 Å². The maximum absolute atomic E-state index is 3.64. The first-order valence-electron chi connectivity index (χ1n) is 6.23. The van der Waals surface area contributed by atoms with E-state index >= 15 is 0 Å². The van der Waals surface area contributed by atoms with Gasteiger partial charge in [0.15, 0.2) is 0 Å². The third kappa shape index (κ3) is 4.98. The second-order valence-corrected chi connectivity index (χ2v) is 6.03. The third-order valence-corrected chi connectivity index (χ3v) is 4.72. The summed E-state index contributed by atoms with van der Waals surface area (Å²) in [5.74, 6) is 0. The second kappa shape index (κ2) is 8.26. The minimum Gasteiger partial charge on any atom is -0.314 e. The average Bonchev–Trinajstić information content (AvgIpc) is 2.68. The van der Waals surface area contributed by atoms with E-state index in [1.807, 2.05) is 11.3 Å². The van der Waals surface area contributed by atoms with Gasteiger partial charge in [-0.25, -0.2) is 0 Å². The molecular weight excluding hydrogens is 282 g/mol. The van der Waals surface area contributed by atoms with Crippen molar-refractivity contribution in [2.45, 2.75) is 52.0 Å². The van der Waals surface area contributed by atoms with Gasteiger partial charge in [-0.15, -0.1) is 11.3 Å². The smallest absolute Gasteiger partial charge is 0.0314 e. The predicted octanol–water partition coefficient (Wildman–Crippen LogP) is 4.61. The molecule has 0 aliphatic rings. The molecule has 3 heteroatoms. The summed E-state index contributed by atoms with van der Waals surface area (Å²) >= 11 is 5.46. The molecule has 0 aliphatic heterocycles. The van der Waals surface area contributed by atoms with Gasteiger partial charge in [0.1, 0.15) is 0 Å². The summed E-state index contributed by atoms with van der Waals surface area (Å²) in [5, 5.41) is 5.80. The molecule has 0 bridgehead atoms. The Labute approximate surface area is 112 Å². The van der Waals surface area contributed by atoms with Crippen molar-refractivity contribution >= 4 is 27.3 Å². The highest BCUT2D eigenvalue weighted by Crippen LogP contribution is 2.24. The summed E-state index contributed by atoms with van der Waals surface area (Å²) in [6.07, 6.45) is 6.24. The SMILES string of the molecule is CCCNC(CCC)CCc1sccc1Br. The molecule has 1 nitrogen and oxygen atoms in total. The fraction of sp³-hybridized carbons (Fsp3) is 0.692. The molecule has 1 heterocycles. The van der Waals surface area contributed by atoms with Crippen molar-refractivity contribution < 1.29 is 0 Å². The molecule has 1 atom stereocenters. The van der Waals surface area contributed by atoms with Gasteiger partial charge in [0.05, 0.1) is 0 Å². The molecule has 0 aromatic carbocycles. The third-order valence-electron chi connectivity index (χ3n) is 2.73. The van der Waals surface area contributed by atoms with Crippen molar-refractivity contribution in [1.29, 1.82) is 0 Å². The van der Waals surface area contributed by atoms with E-state index in [4.69, 9.17) is 0 Å². The maximum Gasteiger partial charge on any atom is 0.0314 e. The van der Waals surface area contributed by atoms with Crippen LogP contribution in [-0.2, 0) is 6.42 Å². The van der Waals surface area contributed by atoms with Gasteiger partial charge in [-0.05, 0) is 59.6 Å². The molecule has 0 fully saturated rings. The molecule has 0 saturated carbocycles. The van der Waals surface area contributed by atoms with E-state index in [1.165, 1.54) is 41.5 Å². The van der Waals surface area contributed by atoms with Crippen molar-refractivity contribution in [3.05, 3.63) is 20.8 Å². The van der Waals surface area contributed by atoms with Crippen molar-refractivity contribution in [3.63, 3.8) is 0 Å². The molecule has 1 rings (SSSR count). The molecule has 92 valence electrons. The van der Waals surface area contributed by atoms with Crippen LogP contribution in [-0.4, -0.2) is 12.6 Å². The normalized spacial score (nSPS) is 12.9. The van der Waals surface area contributed by atoms with Crippen molar-refractivity contribution in [2.75, 3.05) is 6.54 Å². The Hall–Kier alpha value is 0.140. The number of hydrogen-bond donors (Lipinski definition) is 1. The Bertz CT molecular complexity index is 285. The minimum atomic E-state index is 0.693. The maximum atomic E-state index is 3.64. The van der Waals surface area contributed by atoms with Gasteiger partial charge >= 0.3 is 0 Å². The van der Waals surface area contributed by atoms with Gasteiger partial charge in [-0.2, -0.15) is 0 Å². The Morgan fingerprint density at radius 2 is 2.12 bits per heavy atom. The van der Waals surface area contributed by atoms with Crippen LogP contribution in [0.25, 0.3) is 0 Å². The van der Waals surface area contributed by atoms with E-state index in [0.717, 1.165) is 6.54 Å². The van der Waals surface area contributed by atoms with Crippen LogP contribution in [0.2, 0.25) is 0 Å². The van der Waals surface area contributed by atoms with Gasteiger partial charge < -0.3 is 5.32 Å². The van der Waals surface area contributed by atoms with E-state index in [9.17, 15) is 0 Å². The summed E-state index contributed by atoms with van der Waals surface area (Å²) in [6, 6.07) is 2.84. The van der Waals surface area contributed by atoms with E-state index in [0.29, 0.717) is 6.04 Å². The molecule has 1 aromatic rings. The van der Waals surface area contributed by atoms with Crippen LogP contribution in [0.15, 0.2) is 15.9 Å². The van der Waals surface area contributed by atoms with Crippen LogP contribution in [0.4, 0.5) is 0 Å². The van der Waals surface area contributed by atoms with Gasteiger partial charge in [0.25, 0.3) is 0 Å². The van der Waals surface area contributed by atoms with E-state index in [2.05, 4.69) is 46.5 Å². The zero-order valence-corrected chi connectivity index (χ0v) is 12.7. The number of thiophene rings is 1. The second-order valence-electron chi connectivity index (χ2n) is 4.17. The fourth-order valence-electron chi connectivity index (χ4n) is 1.85. The molecule has 0 spiro atoms. The largest absolute Gasteiger partial charge is 0.314 e. The Morgan fingerprint density at radius 3 is 2.69 bits per heavy atom. The molecule has 1 unspecified atom stereocenters. The first-order valence-corrected chi connectivity index (χ1v) is 7.90. The van der Waals surface area contributed by atoms with Crippen LogP contribution in [0.1, 0.15) is 44.4 Å². The van der Waals surface area contributed by atoms with Gasteiger partial charge in [-0.1, -0.05) is 20.3 Å². The highest BCUT2D eigenvalue weighted by molar-refractivity contribution is 9.10. The standard InChI is InChI=1S/C13H22BrNS/c1-3-5-11(15-9-4-2)6-7-13-12(14)8-10-16-13/h8,10-11,15H,3-7,9H2,1-2H3. The topological polar surface area (TPSA) is 12.0 Å². The molecule has 1 N–H and O–H groups in total. The lowest BCUT2D eigenvalue weighted by Gasteiger charge is -2.17. The molecular formula is C13H22BrNS. The first-order chi connectivity index (χ1) is 7.77. The fourth-order valence-corrected chi connectivity index (χ4v) is 3.42. The molecule has 0 saturated heterocycles. The predicted molar refractivity (Wildman–Crippen MR) is 77.3 cm³/mol. The number of hydrogen-bond acceptors (Lipinski definition) is 2. The number of aryl methyl sites for hydroxylation is 1. The minimum absolute atomic E-state index is 0.693. The van der Waals surface area contributed by atoms with Gasteiger partial charge in [-0.3, -0.25) is 0 Å². The summed E-state index contributed by atoms with van der Waals surface area (Å²) in [5.41, 5.74) is 0. The van der Waals surface area contributed by atoms with Crippen LogP contribution in [0.3, 0.4) is 0 Å². The van der Waals surface area contributed by atoms with Crippen LogP contribution in [0.5, 0.6) is 0 Å². The van der Waals surface area contributed by atoms with E-state index in [-0.39, 0.29) is 0 Å². The molecule has 0 amide bonds. The number of halogens is 1. The lowest BCUT2D eigenvalue weighted by atomic mass is 10.1. The summed E-state index contributed by atoms with van der Waals surface area (Å²) in [4.78, 5) is 1.49. The summed E-state index contributed by atoms with van der Waals surface area (Å²) < 4.78 is 1.28. The highest BCUT2D eigenvalue weighted by atomic mass is 79.9. The van der Waals surface area contributed by atoms with Gasteiger partial charge in [0.2, 0.25) is 0 Å². The van der Waals surface area contributed by atoms with Gasteiger partial charge in [0, 0.05) is 15.4 Å². The molecule has 0 aliphatic carbocycles. The number of rotatable bonds is 8. The van der Waals surface area contributed by atoms with Crippen LogP contribution >= 0.6 is 27.3 Å². The number of nitrogens with one attached hydrogen (secondary N) is 1. The molecule has 16 heavy (non-hydrogen) atoms. The molecule has 1 aromatic heterocycles. The average molecular weight is 304 g/mol. The Kier molecular flexibility index (Phi) is 7.33. The van der Waals surface area contributed by atoms with Crippen LogP contribution < -0.4 is 5.32 Å². The Morgan fingerprint density at radius 1 is 1.31 bits per heavy atom. The summed E-state index contributed by atoms with van der Waals surface area (Å²) in [7, 11) is 0.